The molecule has 0 bridgehead atoms. The van der Waals surface area contributed by atoms with Gasteiger partial charge in [0.05, 0.1) is 6.42 Å². The fourth-order valence-corrected chi connectivity index (χ4v) is 1.09. The standard InChI is InChI=1S/C9H10F3NO/c10-9(11,12)5-8(13)6-1-3-7(14)4-2-6/h1-4,8,14H,5,13H2/t8-/m1/s1. The number of phenolic OH excluding ortho intramolecular Hbond substituents is 1. The predicted octanol–water partition coefficient (Wildman–Crippen LogP) is 2.34. The smallest absolute Gasteiger partial charge is 0.390 e. The minimum atomic E-state index is -4.27. The normalized spacial score (nSPS) is 14.0. The molecule has 1 rings (SSSR count). The highest BCUT2D eigenvalue weighted by Crippen LogP contribution is 2.28. The summed E-state index contributed by atoms with van der Waals surface area (Å²) in [5.41, 5.74) is 5.69. The van der Waals surface area contributed by atoms with E-state index in [1.165, 1.54) is 24.3 Å². The third kappa shape index (κ3) is 3.26. The Morgan fingerprint density at radius 2 is 1.71 bits per heavy atom. The van der Waals surface area contributed by atoms with E-state index in [0.29, 0.717) is 5.56 Å². The maximum Gasteiger partial charge on any atom is 0.390 e. The van der Waals surface area contributed by atoms with Gasteiger partial charge in [0.25, 0.3) is 0 Å². The monoisotopic (exact) mass is 205 g/mol. The zero-order valence-electron chi connectivity index (χ0n) is 7.25. The molecule has 0 radical (unpaired) electrons. The van der Waals surface area contributed by atoms with Crippen LogP contribution >= 0.6 is 0 Å². The van der Waals surface area contributed by atoms with Crippen LogP contribution in [0, 0.1) is 0 Å². The molecular weight excluding hydrogens is 195 g/mol. The summed E-state index contributed by atoms with van der Waals surface area (Å²) >= 11 is 0. The molecule has 2 nitrogen and oxygen atoms in total. The van der Waals surface area contributed by atoms with E-state index in [1.54, 1.807) is 0 Å². The second-order valence-corrected chi connectivity index (χ2v) is 3.02. The van der Waals surface area contributed by atoms with Gasteiger partial charge in [-0.15, -0.1) is 0 Å². The van der Waals surface area contributed by atoms with Gasteiger partial charge in [0.1, 0.15) is 5.75 Å². The largest absolute Gasteiger partial charge is 0.508 e. The molecule has 1 atom stereocenters. The lowest BCUT2D eigenvalue weighted by atomic mass is 10.0. The zero-order chi connectivity index (χ0) is 10.8. The van der Waals surface area contributed by atoms with Gasteiger partial charge in [-0.05, 0) is 17.7 Å². The first-order chi connectivity index (χ1) is 6.38. The molecule has 14 heavy (non-hydrogen) atoms. The summed E-state index contributed by atoms with van der Waals surface area (Å²) in [6.45, 7) is 0. The molecule has 0 aliphatic carbocycles. The number of nitrogens with two attached hydrogens (primary N) is 1. The minimum Gasteiger partial charge on any atom is -0.508 e. The fraction of sp³-hybridized carbons (Fsp3) is 0.333. The molecule has 3 N–H and O–H groups in total. The average molecular weight is 205 g/mol. The Kier molecular flexibility index (Phi) is 3.00. The van der Waals surface area contributed by atoms with E-state index >= 15 is 0 Å². The van der Waals surface area contributed by atoms with E-state index < -0.39 is 18.6 Å². The number of aromatic hydroxyl groups is 1. The maximum absolute atomic E-state index is 11.9. The van der Waals surface area contributed by atoms with Crippen molar-refractivity contribution in [2.24, 2.45) is 5.73 Å². The van der Waals surface area contributed by atoms with Crippen molar-refractivity contribution in [3.05, 3.63) is 29.8 Å². The second kappa shape index (κ2) is 3.88. The first-order valence-electron chi connectivity index (χ1n) is 4.00. The Hall–Kier alpha value is -1.23. The molecule has 78 valence electrons. The molecule has 0 aliphatic heterocycles. The lowest BCUT2D eigenvalue weighted by Crippen LogP contribution is -2.20. The Balaban J connectivity index is 2.70. The molecule has 0 heterocycles. The van der Waals surface area contributed by atoms with Gasteiger partial charge in [0.15, 0.2) is 0 Å². The molecule has 1 aromatic carbocycles. The van der Waals surface area contributed by atoms with Crippen LogP contribution in [-0.4, -0.2) is 11.3 Å². The van der Waals surface area contributed by atoms with Crippen LogP contribution in [0.5, 0.6) is 5.75 Å². The molecular formula is C9H10F3NO. The molecule has 1 aromatic rings. The van der Waals surface area contributed by atoms with Gasteiger partial charge in [-0.25, -0.2) is 0 Å². The van der Waals surface area contributed by atoms with Crippen molar-refractivity contribution < 1.29 is 18.3 Å². The van der Waals surface area contributed by atoms with Gasteiger partial charge in [-0.2, -0.15) is 13.2 Å². The lowest BCUT2D eigenvalue weighted by molar-refractivity contribution is -0.138. The van der Waals surface area contributed by atoms with Crippen molar-refractivity contribution >= 4 is 0 Å². The number of phenols is 1. The van der Waals surface area contributed by atoms with Gasteiger partial charge in [-0.1, -0.05) is 12.1 Å². The molecule has 0 spiro atoms. The van der Waals surface area contributed by atoms with Crippen molar-refractivity contribution in [2.75, 3.05) is 0 Å². The summed E-state index contributed by atoms with van der Waals surface area (Å²) in [4.78, 5) is 0. The van der Waals surface area contributed by atoms with E-state index in [-0.39, 0.29) is 5.75 Å². The Morgan fingerprint density at radius 3 is 2.14 bits per heavy atom. The van der Waals surface area contributed by atoms with E-state index in [0.717, 1.165) is 0 Å². The van der Waals surface area contributed by atoms with Gasteiger partial charge >= 0.3 is 6.18 Å². The molecule has 0 amide bonds. The van der Waals surface area contributed by atoms with Crippen LogP contribution in [0.2, 0.25) is 0 Å². The summed E-state index contributed by atoms with van der Waals surface area (Å²) in [6.07, 6.45) is -5.32. The third-order valence-electron chi connectivity index (χ3n) is 1.77. The Labute approximate surface area is 79.2 Å². The summed E-state index contributed by atoms with van der Waals surface area (Å²) in [5, 5.41) is 8.91. The van der Waals surface area contributed by atoms with Gasteiger partial charge < -0.3 is 10.8 Å². The van der Waals surface area contributed by atoms with Crippen LogP contribution < -0.4 is 5.73 Å². The first kappa shape index (κ1) is 10.8. The van der Waals surface area contributed by atoms with Crippen molar-refractivity contribution in [1.82, 2.24) is 0 Å². The number of halogens is 3. The van der Waals surface area contributed by atoms with Crippen LogP contribution in [0.15, 0.2) is 24.3 Å². The highest BCUT2D eigenvalue weighted by atomic mass is 19.4. The topological polar surface area (TPSA) is 46.2 Å². The SMILES string of the molecule is N[C@H](CC(F)(F)F)c1ccc(O)cc1. The Morgan fingerprint density at radius 1 is 1.21 bits per heavy atom. The first-order valence-corrected chi connectivity index (χ1v) is 4.00. The number of benzene rings is 1. The van der Waals surface area contributed by atoms with Crippen LogP contribution in [0.1, 0.15) is 18.0 Å². The number of hydrogen-bond acceptors (Lipinski definition) is 2. The van der Waals surface area contributed by atoms with Crippen molar-refractivity contribution in [3.63, 3.8) is 0 Å². The highest BCUT2D eigenvalue weighted by Gasteiger charge is 2.30. The number of hydrogen-bond donors (Lipinski definition) is 2. The number of alkyl halides is 3. The van der Waals surface area contributed by atoms with Crippen molar-refractivity contribution in [2.45, 2.75) is 18.6 Å². The van der Waals surface area contributed by atoms with E-state index in [4.69, 9.17) is 10.8 Å². The fourth-order valence-electron chi connectivity index (χ4n) is 1.09. The molecule has 0 aromatic heterocycles. The van der Waals surface area contributed by atoms with Crippen LogP contribution in [0.25, 0.3) is 0 Å². The van der Waals surface area contributed by atoms with E-state index in [2.05, 4.69) is 0 Å². The summed E-state index contributed by atoms with van der Waals surface area (Å²) in [5.74, 6) is 0.00737. The van der Waals surface area contributed by atoms with Crippen LogP contribution in [-0.2, 0) is 0 Å². The quantitative estimate of drug-likeness (QED) is 0.778. The lowest BCUT2D eigenvalue weighted by Gasteiger charge is -2.14. The average Bonchev–Trinajstić information content (AvgIpc) is 2.02. The van der Waals surface area contributed by atoms with Gasteiger partial charge in [-0.3, -0.25) is 0 Å². The van der Waals surface area contributed by atoms with Crippen molar-refractivity contribution in [3.8, 4) is 5.75 Å². The summed E-state index contributed by atoms with van der Waals surface area (Å²) in [7, 11) is 0. The minimum absolute atomic E-state index is 0.00737. The third-order valence-corrected chi connectivity index (χ3v) is 1.77. The summed E-state index contributed by atoms with van der Waals surface area (Å²) in [6, 6.07) is 4.31. The van der Waals surface area contributed by atoms with Crippen LogP contribution in [0.3, 0.4) is 0 Å². The zero-order valence-corrected chi connectivity index (χ0v) is 7.25. The van der Waals surface area contributed by atoms with Crippen molar-refractivity contribution in [1.29, 1.82) is 0 Å². The highest BCUT2D eigenvalue weighted by molar-refractivity contribution is 5.27. The molecule has 0 unspecified atom stereocenters. The van der Waals surface area contributed by atoms with E-state index in [9.17, 15) is 13.2 Å². The van der Waals surface area contributed by atoms with Gasteiger partial charge in [0.2, 0.25) is 0 Å². The maximum atomic E-state index is 11.9. The summed E-state index contributed by atoms with van der Waals surface area (Å²) < 4.78 is 35.8. The van der Waals surface area contributed by atoms with Gasteiger partial charge in [0, 0.05) is 6.04 Å². The van der Waals surface area contributed by atoms with E-state index in [1.807, 2.05) is 0 Å². The predicted molar refractivity (Wildman–Crippen MR) is 45.7 cm³/mol. The molecule has 0 fully saturated rings. The molecule has 0 saturated heterocycles. The molecule has 0 saturated carbocycles. The molecule has 5 heteroatoms. The number of rotatable bonds is 2. The van der Waals surface area contributed by atoms with Crippen LogP contribution in [0.4, 0.5) is 13.2 Å². The second-order valence-electron chi connectivity index (χ2n) is 3.02. The molecule has 0 aliphatic rings. The Bertz CT molecular complexity index is 294.